The number of rotatable bonds is 4. The van der Waals surface area contributed by atoms with Crippen molar-refractivity contribution in [1.29, 1.82) is 0 Å². The molecule has 1 amide bonds. The lowest BCUT2D eigenvalue weighted by molar-refractivity contribution is 0.0708. The second kappa shape index (κ2) is 6.14. The van der Waals surface area contributed by atoms with Gasteiger partial charge >= 0.3 is 0 Å². The number of benzene rings is 1. The van der Waals surface area contributed by atoms with Crippen LogP contribution in [0.2, 0.25) is 0 Å². The lowest BCUT2D eigenvalue weighted by Gasteiger charge is -2.27. The number of hydrogen-bond donors (Lipinski definition) is 0. The molecule has 0 spiro atoms. The number of hydrogen-bond acceptors (Lipinski definition) is 3. The summed E-state index contributed by atoms with van der Waals surface area (Å²) >= 11 is 5.72. The monoisotopic (exact) mass is 315 g/mol. The van der Waals surface area contributed by atoms with E-state index in [-0.39, 0.29) is 23.5 Å². The van der Waals surface area contributed by atoms with Crippen molar-refractivity contribution in [1.82, 2.24) is 4.90 Å². The van der Waals surface area contributed by atoms with Crippen LogP contribution in [-0.4, -0.2) is 43.3 Å². The molecule has 110 valence electrons. The van der Waals surface area contributed by atoms with E-state index in [0.717, 1.165) is 5.56 Å². The summed E-state index contributed by atoms with van der Waals surface area (Å²) in [7, 11) is -2.99. The average molecular weight is 316 g/mol. The predicted octanol–water partition coefficient (Wildman–Crippen LogP) is 2.07. The maximum Gasteiger partial charge on any atom is 0.254 e. The van der Waals surface area contributed by atoms with Crippen LogP contribution < -0.4 is 0 Å². The molecule has 1 aromatic rings. The van der Waals surface area contributed by atoms with Crippen LogP contribution in [0.3, 0.4) is 0 Å². The molecule has 1 saturated heterocycles. The highest BCUT2D eigenvalue weighted by molar-refractivity contribution is 7.91. The van der Waals surface area contributed by atoms with E-state index in [1.807, 2.05) is 19.1 Å². The molecule has 0 aliphatic carbocycles. The van der Waals surface area contributed by atoms with Gasteiger partial charge in [0.1, 0.15) is 0 Å². The fraction of sp³-hybridized carbons (Fsp3) is 0.500. The second-order valence-corrected chi connectivity index (χ2v) is 7.47. The summed E-state index contributed by atoms with van der Waals surface area (Å²) in [6.07, 6.45) is 0.529. The fourth-order valence-corrected chi connectivity index (χ4v) is 4.40. The normalized spacial score (nSPS) is 20.8. The van der Waals surface area contributed by atoms with Crippen LogP contribution in [0.1, 0.15) is 29.3 Å². The summed E-state index contributed by atoms with van der Waals surface area (Å²) in [5.41, 5.74) is 1.53. The summed E-state index contributed by atoms with van der Waals surface area (Å²) in [5.74, 6) is 0.543. The van der Waals surface area contributed by atoms with Gasteiger partial charge < -0.3 is 4.90 Å². The standard InChI is InChI=1S/C14H18ClNO3S/c1-2-16(13-7-8-20(18,19)10-13)14(17)12-5-3-11(9-15)4-6-12/h3-6,13H,2,7-10H2,1H3. The molecule has 2 rings (SSSR count). The Morgan fingerprint density at radius 3 is 2.45 bits per heavy atom. The number of nitrogens with zero attached hydrogens (tertiary/aromatic N) is 1. The van der Waals surface area contributed by atoms with Gasteiger partial charge in [-0.15, -0.1) is 11.6 Å². The average Bonchev–Trinajstić information content (AvgIpc) is 2.79. The molecule has 0 saturated carbocycles. The highest BCUT2D eigenvalue weighted by atomic mass is 35.5. The van der Waals surface area contributed by atoms with E-state index in [4.69, 9.17) is 11.6 Å². The van der Waals surface area contributed by atoms with Gasteiger partial charge in [0.05, 0.1) is 11.5 Å². The molecule has 0 bridgehead atoms. The third-order valence-electron chi connectivity index (χ3n) is 3.61. The number of carbonyl (C=O) groups excluding carboxylic acids is 1. The highest BCUT2D eigenvalue weighted by Gasteiger charge is 2.34. The van der Waals surface area contributed by atoms with Crippen molar-refractivity contribution >= 4 is 27.3 Å². The van der Waals surface area contributed by atoms with Gasteiger partial charge in [0, 0.05) is 24.0 Å². The number of amides is 1. The Morgan fingerprint density at radius 2 is 2.00 bits per heavy atom. The lowest BCUT2D eigenvalue weighted by Crippen LogP contribution is -2.40. The molecular formula is C14H18ClNO3S. The lowest BCUT2D eigenvalue weighted by atomic mass is 10.1. The van der Waals surface area contributed by atoms with Gasteiger partial charge in [-0.3, -0.25) is 4.79 Å². The highest BCUT2D eigenvalue weighted by Crippen LogP contribution is 2.20. The van der Waals surface area contributed by atoms with E-state index in [2.05, 4.69) is 0 Å². The number of alkyl halides is 1. The van der Waals surface area contributed by atoms with Gasteiger partial charge in [0.15, 0.2) is 9.84 Å². The zero-order valence-electron chi connectivity index (χ0n) is 11.4. The first-order valence-electron chi connectivity index (χ1n) is 6.63. The third kappa shape index (κ3) is 3.33. The van der Waals surface area contributed by atoms with E-state index >= 15 is 0 Å². The molecule has 1 atom stereocenters. The van der Waals surface area contributed by atoms with Crippen molar-refractivity contribution < 1.29 is 13.2 Å². The van der Waals surface area contributed by atoms with Crippen molar-refractivity contribution in [2.45, 2.75) is 25.3 Å². The van der Waals surface area contributed by atoms with E-state index in [1.165, 1.54) is 0 Å². The first-order valence-corrected chi connectivity index (χ1v) is 8.98. The Bertz CT molecular complexity index is 583. The first-order chi connectivity index (χ1) is 9.46. The topological polar surface area (TPSA) is 54.5 Å². The molecule has 0 N–H and O–H groups in total. The minimum absolute atomic E-state index is 0.0757. The smallest absolute Gasteiger partial charge is 0.254 e. The molecule has 1 unspecified atom stereocenters. The minimum Gasteiger partial charge on any atom is -0.335 e. The summed E-state index contributed by atoms with van der Waals surface area (Å²) in [6, 6.07) is 6.92. The van der Waals surface area contributed by atoms with Crippen LogP contribution in [0.25, 0.3) is 0 Å². The van der Waals surface area contributed by atoms with Crippen LogP contribution >= 0.6 is 11.6 Å². The van der Waals surface area contributed by atoms with Gasteiger partial charge in [-0.25, -0.2) is 8.42 Å². The van der Waals surface area contributed by atoms with E-state index in [9.17, 15) is 13.2 Å². The molecule has 4 nitrogen and oxygen atoms in total. The Kier molecular flexibility index (Phi) is 4.70. The van der Waals surface area contributed by atoms with Crippen molar-refractivity contribution in [2.75, 3.05) is 18.1 Å². The van der Waals surface area contributed by atoms with E-state index in [1.54, 1.807) is 17.0 Å². The van der Waals surface area contributed by atoms with Gasteiger partial charge in [-0.1, -0.05) is 12.1 Å². The molecule has 1 fully saturated rings. The Labute approximate surface area is 124 Å². The molecule has 0 radical (unpaired) electrons. The van der Waals surface area contributed by atoms with Crippen LogP contribution in [-0.2, 0) is 15.7 Å². The quantitative estimate of drug-likeness (QED) is 0.799. The predicted molar refractivity (Wildman–Crippen MR) is 79.8 cm³/mol. The Balaban J connectivity index is 2.16. The van der Waals surface area contributed by atoms with Crippen LogP contribution in [0.4, 0.5) is 0 Å². The SMILES string of the molecule is CCN(C(=O)c1ccc(CCl)cc1)C1CCS(=O)(=O)C1. The van der Waals surface area contributed by atoms with Crippen LogP contribution in [0.15, 0.2) is 24.3 Å². The van der Waals surface area contributed by atoms with Crippen molar-refractivity contribution in [3.05, 3.63) is 35.4 Å². The molecule has 1 aromatic carbocycles. The van der Waals surface area contributed by atoms with E-state index in [0.29, 0.717) is 24.4 Å². The van der Waals surface area contributed by atoms with Gasteiger partial charge in [-0.05, 0) is 31.0 Å². The number of halogens is 1. The van der Waals surface area contributed by atoms with Crippen molar-refractivity contribution in [3.63, 3.8) is 0 Å². The van der Waals surface area contributed by atoms with Gasteiger partial charge in [-0.2, -0.15) is 0 Å². The zero-order valence-corrected chi connectivity index (χ0v) is 13.0. The minimum atomic E-state index is -2.99. The number of carbonyl (C=O) groups is 1. The second-order valence-electron chi connectivity index (χ2n) is 4.98. The molecule has 1 heterocycles. The first kappa shape index (κ1) is 15.3. The molecule has 6 heteroatoms. The van der Waals surface area contributed by atoms with Gasteiger partial charge in [0.2, 0.25) is 0 Å². The molecule has 0 aromatic heterocycles. The maximum absolute atomic E-state index is 12.5. The molecular weight excluding hydrogens is 298 g/mol. The summed E-state index contributed by atoms with van der Waals surface area (Å²) < 4.78 is 23.1. The summed E-state index contributed by atoms with van der Waals surface area (Å²) in [4.78, 5) is 14.1. The Morgan fingerprint density at radius 1 is 1.35 bits per heavy atom. The molecule has 1 aliphatic rings. The zero-order chi connectivity index (χ0) is 14.8. The Hall–Kier alpha value is -1.07. The van der Waals surface area contributed by atoms with Crippen molar-refractivity contribution in [2.24, 2.45) is 0 Å². The van der Waals surface area contributed by atoms with Crippen molar-refractivity contribution in [3.8, 4) is 0 Å². The fourth-order valence-electron chi connectivity index (χ4n) is 2.49. The summed E-state index contributed by atoms with van der Waals surface area (Å²) in [6.45, 7) is 2.38. The number of sulfone groups is 1. The third-order valence-corrected chi connectivity index (χ3v) is 5.66. The van der Waals surface area contributed by atoms with Crippen LogP contribution in [0.5, 0.6) is 0 Å². The summed E-state index contributed by atoms with van der Waals surface area (Å²) in [5, 5.41) is 0. The molecule has 20 heavy (non-hydrogen) atoms. The van der Waals surface area contributed by atoms with E-state index < -0.39 is 9.84 Å². The maximum atomic E-state index is 12.5. The van der Waals surface area contributed by atoms with Gasteiger partial charge in [0.25, 0.3) is 5.91 Å². The largest absolute Gasteiger partial charge is 0.335 e. The molecule has 1 aliphatic heterocycles. The van der Waals surface area contributed by atoms with Crippen LogP contribution in [0, 0.1) is 0 Å².